The van der Waals surface area contributed by atoms with Crippen LogP contribution in [-0.4, -0.2) is 76.4 Å². The van der Waals surface area contributed by atoms with E-state index in [2.05, 4.69) is 17.9 Å². The van der Waals surface area contributed by atoms with Crippen LogP contribution in [0.3, 0.4) is 0 Å². The second-order valence-electron chi connectivity index (χ2n) is 12.5. The average Bonchev–Trinajstić information content (AvgIpc) is 3.77. The van der Waals surface area contributed by atoms with Crippen molar-refractivity contribution in [1.82, 2.24) is 9.80 Å². The Morgan fingerprint density at radius 3 is 2.18 bits per heavy atom. The van der Waals surface area contributed by atoms with Gasteiger partial charge in [0.15, 0.2) is 17.3 Å². The molecule has 0 bridgehead atoms. The molecule has 0 N–H and O–H groups in total. The Morgan fingerprint density at radius 1 is 0.800 bits per heavy atom. The molecule has 3 aromatic carbocycles. The molecule has 1 amide bonds. The number of rotatable bonds is 6. The number of likely N-dealkylation sites (tertiary alicyclic amines) is 2. The summed E-state index contributed by atoms with van der Waals surface area (Å²) in [5, 5.41) is 0. The zero-order valence-electron chi connectivity index (χ0n) is 25.9. The molecule has 0 atom stereocenters. The summed E-state index contributed by atoms with van der Waals surface area (Å²) in [5.74, 6) is 0.386. The number of ether oxygens (including phenoxy) is 4. The number of hydrogen-bond acceptors (Lipinski definition) is 8. The van der Waals surface area contributed by atoms with Crippen molar-refractivity contribution >= 4 is 15.7 Å². The number of carbonyl (C=O) groups is 1. The first-order valence-electron chi connectivity index (χ1n) is 15.9. The first kappa shape index (κ1) is 30.2. The molecule has 9 nitrogen and oxygen atoms in total. The van der Waals surface area contributed by atoms with Crippen LogP contribution in [-0.2, 0) is 25.1 Å². The van der Waals surface area contributed by atoms with Gasteiger partial charge in [0, 0.05) is 42.2 Å². The lowest BCUT2D eigenvalue weighted by Crippen LogP contribution is -2.51. The van der Waals surface area contributed by atoms with Gasteiger partial charge in [0.2, 0.25) is 16.6 Å². The van der Waals surface area contributed by atoms with Crippen molar-refractivity contribution in [3.8, 4) is 11.5 Å². The Morgan fingerprint density at radius 2 is 1.47 bits per heavy atom. The molecule has 3 fully saturated rings. The Kier molecular flexibility index (Phi) is 8.10. The predicted molar refractivity (Wildman–Crippen MR) is 167 cm³/mol. The third-order valence-electron chi connectivity index (χ3n) is 10.1. The number of piperidine rings is 2. The summed E-state index contributed by atoms with van der Waals surface area (Å²) < 4.78 is 50.2. The maximum atomic E-state index is 13.4. The number of benzene rings is 3. The minimum Gasteiger partial charge on any atom is -0.454 e. The van der Waals surface area contributed by atoms with Gasteiger partial charge in [-0.1, -0.05) is 24.3 Å². The number of sulfone groups is 1. The summed E-state index contributed by atoms with van der Waals surface area (Å²) >= 11 is 0. The van der Waals surface area contributed by atoms with Crippen LogP contribution in [0.1, 0.15) is 52.7 Å². The van der Waals surface area contributed by atoms with Gasteiger partial charge in [0.05, 0.1) is 23.0 Å². The van der Waals surface area contributed by atoms with Gasteiger partial charge in [0.25, 0.3) is 5.91 Å². The maximum absolute atomic E-state index is 13.4. The van der Waals surface area contributed by atoms with E-state index >= 15 is 0 Å². The van der Waals surface area contributed by atoms with Crippen LogP contribution < -0.4 is 9.47 Å². The van der Waals surface area contributed by atoms with Crippen LogP contribution in [0.15, 0.2) is 70.5 Å². The fourth-order valence-electron chi connectivity index (χ4n) is 7.34. The molecule has 0 aliphatic carbocycles. The van der Waals surface area contributed by atoms with E-state index in [9.17, 15) is 13.2 Å². The zero-order valence-corrected chi connectivity index (χ0v) is 26.7. The van der Waals surface area contributed by atoms with E-state index in [4.69, 9.17) is 18.9 Å². The fourth-order valence-corrected chi connectivity index (χ4v) is 8.62. The molecule has 0 radical (unpaired) electrons. The third-order valence-corrected chi connectivity index (χ3v) is 11.9. The highest BCUT2D eigenvalue weighted by Crippen LogP contribution is 2.44. The lowest BCUT2D eigenvalue weighted by molar-refractivity contribution is -0.215. The molecule has 238 valence electrons. The van der Waals surface area contributed by atoms with Crippen LogP contribution >= 0.6 is 0 Å². The summed E-state index contributed by atoms with van der Waals surface area (Å²) in [6, 6.07) is 18.0. The molecule has 0 aromatic heterocycles. The normalized spacial score (nSPS) is 20.9. The summed E-state index contributed by atoms with van der Waals surface area (Å²) in [6.45, 7) is 8.59. The molecule has 7 rings (SSSR count). The highest BCUT2D eigenvalue weighted by atomic mass is 32.2. The summed E-state index contributed by atoms with van der Waals surface area (Å²) in [6.07, 6.45) is 3.77. The van der Waals surface area contributed by atoms with Gasteiger partial charge < -0.3 is 28.7 Å². The topological polar surface area (TPSA) is 94.6 Å². The van der Waals surface area contributed by atoms with Crippen molar-refractivity contribution in [1.29, 1.82) is 0 Å². The second-order valence-corrected chi connectivity index (χ2v) is 14.4. The third kappa shape index (κ3) is 5.52. The fraction of sp³-hybridized carbons (Fsp3) is 0.457. The summed E-state index contributed by atoms with van der Waals surface area (Å²) in [7, 11) is -3.74. The molecule has 10 heteroatoms. The number of carbonyl (C=O) groups excluding carboxylic acids is 1. The van der Waals surface area contributed by atoms with Gasteiger partial charge in [-0.05, 0) is 94.1 Å². The lowest BCUT2D eigenvalue weighted by atomic mass is 9.83. The van der Waals surface area contributed by atoms with Crippen molar-refractivity contribution in [2.75, 3.05) is 46.2 Å². The highest BCUT2D eigenvalue weighted by Gasteiger charge is 2.47. The van der Waals surface area contributed by atoms with E-state index < -0.39 is 15.6 Å². The average molecular weight is 633 g/mol. The molecular weight excluding hydrogens is 592 g/mol. The monoisotopic (exact) mass is 632 g/mol. The predicted octanol–water partition coefficient (Wildman–Crippen LogP) is 5.08. The van der Waals surface area contributed by atoms with E-state index in [0.29, 0.717) is 30.8 Å². The summed E-state index contributed by atoms with van der Waals surface area (Å²) in [4.78, 5) is 18.2. The Balaban J connectivity index is 0.992. The van der Waals surface area contributed by atoms with Crippen molar-refractivity contribution < 1.29 is 32.2 Å². The van der Waals surface area contributed by atoms with Gasteiger partial charge in [-0.2, -0.15) is 0 Å². The van der Waals surface area contributed by atoms with Crippen molar-refractivity contribution in [3.63, 3.8) is 0 Å². The number of aryl methyl sites for hydroxylation is 1. The van der Waals surface area contributed by atoms with Crippen LogP contribution in [0.4, 0.5) is 0 Å². The van der Waals surface area contributed by atoms with Gasteiger partial charge in [0.1, 0.15) is 0 Å². The molecule has 4 aliphatic heterocycles. The molecule has 4 aliphatic rings. The first-order chi connectivity index (χ1) is 21.8. The van der Waals surface area contributed by atoms with Crippen LogP contribution in [0, 0.1) is 19.8 Å². The molecule has 0 spiro atoms. The van der Waals surface area contributed by atoms with E-state index in [1.165, 1.54) is 6.07 Å². The Bertz CT molecular complexity index is 1670. The number of hydrogen-bond donors (Lipinski definition) is 0. The molecule has 3 aromatic rings. The minimum absolute atomic E-state index is 0.0864. The van der Waals surface area contributed by atoms with E-state index in [1.807, 2.05) is 36.1 Å². The van der Waals surface area contributed by atoms with Crippen molar-refractivity contribution in [3.05, 3.63) is 82.9 Å². The van der Waals surface area contributed by atoms with Crippen molar-refractivity contribution in [2.24, 2.45) is 5.92 Å². The van der Waals surface area contributed by atoms with Gasteiger partial charge >= 0.3 is 0 Å². The van der Waals surface area contributed by atoms with E-state index in [-0.39, 0.29) is 28.4 Å². The van der Waals surface area contributed by atoms with Gasteiger partial charge in [-0.15, -0.1) is 0 Å². The summed E-state index contributed by atoms with van der Waals surface area (Å²) in [5.41, 5.74) is 3.88. The number of nitrogens with zero attached hydrogens (tertiary/aromatic N) is 2. The van der Waals surface area contributed by atoms with Gasteiger partial charge in [-0.3, -0.25) is 4.79 Å². The molecule has 3 saturated heterocycles. The zero-order chi connectivity index (χ0) is 31.2. The Hall–Kier alpha value is -3.44. The molecule has 4 heterocycles. The SMILES string of the molecule is Cc1cccc(C(=O)N2CCC(N3CCC(C4(c5ccc(S(=O)(=O)c6ccc7c(c6)OCO7)cc5)OCCO4)CC3)CC2)c1C. The van der Waals surface area contributed by atoms with Crippen molar-refractivity contribution in [2.45, 2.75) is 61.2 Å². The second kappa shape index (κ2) is 12.1. The maximum Gasteiger partial charge on any atom is 0.254 e. The van der Waals surface area contributed by atoms with Gasteiger partial charge in [-0.25, -0.2) is 8.42 Å². The quantitative estimate of drug-likeness (QED) is 0.372. The van der Waals surface area contributed by atoms with Crippen LogP contribution in [0.5, 0.6) is 11.5 Å². The molecule has 0 unspecified atom stereocenters. The standard InChI is InChI=1S/C35H40N2O7S/c1-24-4-3-5-31(25(24)2)34(38)37-18-14-28(15-19-37)36-16-12-27(13-17-36)35(43-20-21-44-35)26-6-8-29(9-7-26)45(39,40)30-10-11-32-33(22-30)42-23-41-32/h3-11,22,27-28H,12-21,23H2,1-2H3. The molecule has 45 heavy (non-hydrogen) atoms. The molecule has 0 saturated carbocycles. The number of amides is 1. The van der Waals surface area contributed by atoms with Crippen LogP contribution in [0.2, 0.25) is 0 Å². The highest BCUT2D eigenvalue weighted by molar-refractivity contribution is 7.91. The molecular formula is C35H40N2O7S. The van der Waals surface area contributed by atoms with E-state index in [0.717, 1.165) is 74.1 Å². The van der Waals surface area contributed by atoms with E-state index in [1.54, 1.807) is 24.3 Å². The minimum atomic E-state index is -3.74. The lowest BCUT2D eigenvalue weighted by Gasteiger charge is -2.45. The largest absolute Gasteiger partial charge is 0.454 e. The Labute approximate surface area is 264 Å². The first-order valence-corrected chi connectivity index (χ1v) is 17.4. The van der Waals surface area contributed by atoms with Crippen LogP contribution in [0.25, 0.3) is 0 Å². The smallest absolute Gasteiger partial charge is 0.254 e. The number of fused-ring (bicyclic) bond motifs is 1.